The van der Waals surface area contributed by atoms with Gasteiger partial charge in [-0.1, -0.05) is 0 Å². The highest BCUT2D eigenvalue weighted by Crippen LogP contribution is 2.31. The van der Waals surface area contributed by atoms with Crippen LogP contribution < -0.4 is 16.4 Å². The van der Waals surface area contributed by atoms with Crippen molar-refractivity contribution in [2.24, 2.45) is 11.1 Å². The van der Waals surface area contributed by atoms with E-state index in [1.54, 1.807) is 0 Å². The summed E-state index contributed by atoms with van der Waals surface area (Å²) in [5, 5.41) is 5.13. The fraction of sp³-hybridized carbons (Fsp3) is 0.467. The lowest BCUT2D eigenvalue weighted by Gasteiger charge is -2.34. The molecule has 1 aliphatic heterocycles. The molecule has 0 aliphatic carbocycles. The second-order valence-corrected chi connectivity index (χ2v) is 5.43. The van der Waals surface area contributed by atoms with Crippen molar-refractivity contribution in [2.75, 3.05) is 30.4 Å². The Hall–Kier alpha value is -1.70. The predicted octanol–water partition coefficient (Wildman–Crippen LogP) is 1.90. The van der Waals surface area contributed by atoms with E-state index in [1.807, 2.05) is 0 Å². The van der Waals surface area contributed by atoms with Crippen molar-refractivity contribution in [3.05, 3.63) is 24.0 Å². The molecule has 4 N–H and O–H groups in total. The topological polar surface area (TPSA) is 93.5 Å². The zero-order chi connectivity index (χ0) is 16.2. The first kappa shape index (κ1) is 19.3. The molecule has 0 unspecified atom stereocenters. The Morgan fingerprint density at radius 1 is 1.30 bits per heavy atom. The third-order valence-electron chi connectivity index (χ3n) is 3.86. The lowest BCUT2D eigenvalue weighted by Crippen LogP contribution is -2.46. The van der Waals surface area contributed by atoms with E-state index in [9.17, 15) is 14.0 Å². The van der Waals surface area contributed by atoms with Crippen LogP contribution in [-0.4, -0.2) is 31.6 Å². The summed E-state index contributed by atoms with van der Waals surface area (Å²) in [6.07, 6.45) is 1.00. The van der Waals surface area contributed by atoms with Crippen LogP contribution in [0.5, 0.6) is 0 Å². The van der Waals surface area contributed by atoms with Crippen LogP contribution in [0.4, 0.5) is 15.8 Å². The van der Waals surface area contributed by atoms with Crippen LogP contribution in [0.2, 0.25) is 0 Å². The van der Waals surface area contributed by atoms with Crippen LogP contribution in [0, 0.1) is 11.2 Å². The molecular formula is C15H21ClFN3O3. The highest BCUT2D eigenvalue weighted by molar-refractivity contribution is 5.97. The van der Waals surface area contributed by atoms with Crippen molar-refractivity contribution in [1.82, 2.24) is 0 Å². The Labute approximate surface area is 140 Å². The summed E-state index contributed by atoms with van der Waals surface area (Å²) >= 11 is 0. The molecule has 0 spiro atoms. The van der Waals surface area contributed by atoms with E-state index in [0.29, 0.717) is 31.7 Å². The molecule has 1 aromatic rings. The average Bonchev–Trinajstić information content (AvgIpc) is 2.50. The third kappa shape index (κ3) is 4.63. The molecule has 1 fully saturated rings. The number of halogens is 2. The average molecular weight is 346 g/mol. The number of ether oxygens (including phenoxy) is 1. The first-order chi connectivity index (χ1) is 10.5. The first-order valence-electron chi connectivity index (χ1n) is 7.13. The van der Waals surface area contributed by atoms with Crippen LogP contribution in [-0.2, 0) is 14.3 Å². The minimum Gasteiger partial charge on any atom is -0.381 e. The lowest BCUT2D eigenvalue weighted by molar-refractivity contribution is -0.130. The highest BCUT2D eigenvalue weighted by atomic mass is 35.5. The van der Waals surface area contributed by atoms with Crippen molar-refractivity contribution in [3.63, 3.8) is 0 Å². The van der Waals surface area contributed by atoms with Gasteiger partial charge in [0.25, 0.3) is 0 Å². The van der Waals surface area contributed by atoms with E-state index in [2.05, 4.69) is 10.6 Å². The number of hydrogen-bond donors (Lipinski definition) is 3. The van der Waals surface area contributed by atoms with Crippen molar-refractivity contribution in [2.45, 2.75) is 19.8 Å². The van der Waals surface area contributed by atoms with Crippen molar-refractivity contribution >= 4 is 35.6 Å². The van der Waals surface area contributed by atoms with Gasteiger partial charge < -0.3 is 21.1 Å². The number of carbonyl (C=O) groups is 2. The molecule has 23 heavy (non-hydrogen) atoms. The van der Waals surface area contributed by atoms with E-state index >= 15 is 0 Å². The smallest absolute Gasteiger partial charge is 0.232 e. The van der Waals surface area contributed by atoms with Crippen LogP contribution in [0.1, 0.15) is 19.8 Å². The molecule has 1 saturated heterocycles. The summed E-state index contributed by atoms with van der Waals surface area (Å²) < 4.78 is 19.1. The number of amides is 2. The number of nitrogens with two attached hydrogens (primary N) is 1. The Bertz CT molecular complexity index is 577. The van der Waals surface area contributed by atoms with Crippen molar-refractivity contribution in [1.29, 1.82) is 0 Å². The number of benzene rings is 1. The second-order valence-electron chi connectivity index (χ2n) is 5.43. The number of carbonyl (C=O) groups excluding carboxylic acids is 2. The maximum Gasteiger partial charge on any atom is 0.232 e. The lowest BCUT2D eigenvalue weighted by atomic mass is 9.79. The van der Waals surface area contributed by atoms with E-state index in [1.165, 1.54) is 25.1 Å². The fourth-order valence-corrected chi connectivity index (χ4v) is 2.44. The highest BCUT2D eigenvalue weighted by Gasteiger charge is 2.39. The fourth-order valence-electron chi connectivity index (χ4n) is 2.44. The zero-order valence-corrected chi connectivity index (χ0v) is 13.7. The standard InChI is InChI=1S/C15H20FN3O3.ClH/c1-10(20)18-11-2-3-12(16)13(8-11)19-14(21)15(9-17)4-6-22-7-5-15;/h2-3,8H,4-7,9,17H2,1H3,(H,18,20)(H,19,21);1H. The molecule has 128 valence electrons. The molecule has 1 heterocycles. The summed E-state index contributed by atoms with van der Waals surface area (Å²) in [5.41, 5.74) is 5.46. The molecule has 0 atom stereocenters. The summed E-state index contributed by atoms with van der Waals surface area (Å²) in [6.45, 7) is 2.44. The van der Waals surface area contributed by atoms with Crippen LogP contribution in [0.15, 0.2) is 18.2 Å². The molecule has 0 radical (unpaired) electrons. The van der Waals surface area contributed by atoms with Crippen LogP contribution >= 0.6 is 12.4 Å². The van der Waals surface area contributed by atoms with E-state index in [4.69, 9.17) is 10.5 Å². The number of rotatable bonds is 4. The van der Waals surface area contributed by atoms with E-state index in [0.717, 1.165) is 0 Å². The third-order valence-corrected chi connectivity index (χ3v) is 3.86. The molecule has 8 heteroatoms. The molecule has 0 saturated carbocycles. The molecule has 2 rings (SSSR count). The number of nitrogens with one attached hydrogen (secondary N) is 2. The first-order valence-corrected chi connectivity index (χ1v) is 7.13. The van der Waals surface area contributed by atoms with Gasteiger partial charge in [0, 0.05) is 32.4 Å². The van der Waals surface area contributed by atoms with E-state index < -0.39 is 11.2 Å². The van der Waals surface area contributed by atoms with E-state index in [-0.39, 0.29) is 36.5 Å². The number of anilines is 2. The van der Waals surface area contributed by atoms with Gasteiger partial charge in [0.05, 0.1) is 11.1 Å². The van der Waals surface area contributed by atoms with Crippen LogP contribution in [0.3, 0.4) is 0 Å². The Kier molecular flexibility index (Phi) is 6.93. The molecule has 2 amide bonds. The SMILES string of the molecule is CC(=O)Nc1ccc(F)c(NC(=O)C2(CN)CCOCC2)c1.Cl. The molecule has 0 bridgehead atoms. The summed E-state index contributed by atoms with van der Waals surface area (Å²) in [6, 6.07) is 4.01. The molecule has 6 nitrogen and oxygen atoms in total. The zero-order valence-electron chi connectivity index (χ0n) is 12.9. The molecule has 0 aromatic heterocycles. The second kappa shape index (κ2) is 8.24. The maximum atomic E-state index is 13.9. The van der Waals surface area contributed by atoms with Crippen molar-refractivity contribution in [3.8, 4) is 0 Å². The summed E-state index contributed by atoms with van der Waals surface area (Å²) in [5.74, 6) is -1.16. The predicted molar refractivity (Wildman–Crippen MR) is 88.1 cm³/mol. The van der Waals surface area contributed by atoms with Gasteiger partial charge in [-0.2, -0.15) is 0 Å². The van der Waals surface area contributed by atoms with Gasteiger partial charge in [0.15, 0.2) is 0 Å². The molecule has 1 aromatic carbocycles. The monoisotopic (exact) mass is 345 g/mol. The van der Waals surface area contributed by atoms with Gasteiger partial charge in [-0.05, 0) is 31.0 Å². The van der Waals surface area contributed by atoms with Gasteiger partial charge in [0.2, 0.25) is 11.8 Å². The minimum absolute atomic E-state index is 0. The maximum absolute atomic E-state index is 13.9. The van der Waals surface area contributed by atoms with Gasteiger partial charge in [-0.25, -0.2) is 4.39 Å². The van der Waals surface area contributed by atoms with Gasteiger partial charge in [-0.15, -0.1) is 12.4 Å². The normalized spacial score (nSPS) is 16.1. The largest absolute Gasteiger partial charge is 0.381 e. The van der Waals surface area contributed by atoms with Gasteiger partial charge in [0.1, 0.15) is 5.82 Å². The van der Waals surface area contributed by atoms with Crippen LogP contribution in [0.25, 0.3) is 0 Å². The Balaban J connectivity index is 0.00000264. The number of hydrogen-bond acceptors (Lipinski definition) is 4. The minimum atomic E-state index is -0.741. The van der Waals surface area contributed by atoms with Gasteiger partial charge >= 0.3 is 0 Å². The molecule has 1 aliphatic rings. The quantitative estimate of drug-likeness (QED) is 0.777. The summed E-state index contributed by atoms with van der Waals surface area (Å²) in [4.78, 5) is 23.6. The molecular weight excluding hydrogens is 325 g/mol. The Morgan fingerprint density at radius 2 is 1.96 bits per heavy atom. The summed E-state index contributed by atoms with van der Waals surface area (Å²) in [7, 11) is 0. The van der Waals surface area contributed by atoms with Crippen molar-refractivity contribution < 1.29 is 18.7 Å². The Morgan fingerprint density at radius 3 is 2.52 bits per heavy atom. The van der Waals surface area contributed by atoms with Gasteiger partial charge in [-0.3, -0.25) is 9.59 Å².